The molecule has 1 heterocycles. The van der Waals surface area contributed by atoms with Crippen molar-refractivity contribution in [3.63, 3.8) is 0 Å². The highest BCUT2D eigenvalue weighted by Crippen LogP contribution is 2.18. The minimum Gasteiger partial charge on any atom is -0.468 e. The van der Waals surface area contributed by atoms with Crippen LogP contribution >= 0.6 is 15.9 Å². The number of hydrogen-bond acceptors (Lipinski definition) is 6. The second kappa shape index (κ2) is 8.78. The fourth-order valence-electron chi connectivity index (χ4n) is 1.78. The first-order valence-corrected chi connectivity index (χ1v) is 7.49. The average molecular weight is 362 g/mol. The third kappa shape index (κ3) is 5.13. The fourth-order valence-corrected chi connectivity index (χ4v) is 2.22. The van der Waals surface area contributed by atoms with E-state index in [1.165, 1.54) is 13.3 Å². The van der Waals surface area contributed by atoms with E-state index in [1.54, 1.807) is 0 Å². The van der Waals surface area contributed by atoms with Crippen LogP contribution in [-0.4, -0.2) is 41.1 Å². The number of aliphatic hydroxyl groups excluding tert-OH is 1. The summed E-state index contributed by atoms with van der Waals surface area (Å²) in [7, 11) is 1.25. The Kier molecular flexibility index (Phi) is 7.38. The van der Waals surface area contributed by atoms with Crippen LogP contribution in [0.5, 0.6) is 0 Å². The lowest BCUT2D eigenvalue weighted by Gasteiger charge is -2.16. The van der Waals surface area contributed by atoms with Crippen molar-refractivity contribution in [2.24, 2.45) is 5.92 Å². The maximum Gasteiger partial charge on any atom is 0.327 e. The number of ether oxygens (including phenoxy) is 1. The lowest BCUT2D eigenvalue weighted by atomic mass is 10.0. The van der Waals surface area contributed by atoms with E-state index in [-0.39, 0.29) is 13.2 Å². The predicted molar refractivity (Wildman–Crippen MR) is 82.2 cm³/mol. The zero-order valence-corrected chi connectivity index (χ0v) is 13.7. The van der Waals surface area contributed by atoms with E-state index >= 15 is 0 Å². The van der Waals surface area contributed by atoms with Crippen LogP contribution in [0.1, 0.15) is 19.8 Å². The molecule has 1 unspecified atom stereocenters. The maximum absolute atomic E-state index is 12.0. The number of methoxy groups -OCH3 is 1. The summed E-state index contributed by atoms with van der Waals surface area (Å²) in [6.07, 6.45) is 3.12. The zero-order valence-electron chi connectivity index (χ0n) is 12.1. The van der Waals surface area contributed by atoms with Gasteiger partial charge in [0.1, 0.15) is 11.0 Å². The second-order valence-corrected chi connectivity index (χ2v) is 5.37. The number of carbonyl (C=O) groups excluding carboxylic acids is 1. The Labute approximate surface area is 131 Å². The van der Waals surface area contributed by atoms with Crippen molar-refractivity contribution in [1.29, 1.82) is 0 Å². The van der Waals surface area contributed by atoms with E-state index in [0.29, 0.717) is 29.0 Å². The molecule has 0 saturated carbocycles. The molecule has 1 aromatic rings. The van der Waals surface area contributed by atoms with Crippen LogP contribution in [0.15, 0.2) is 15.5 Å². The topological polar surface area (TPSA) is 93.5 Å². The summed E-state index contributed by atoms with van der Waals surface area (Å²) < 4.78 is 5.86. The molecule has 1 rings (SSSR count). The van der Waals surface area contributed by atoms with E-state index in [9.17, 15) is 9.59 Å². The average Bonchev–Trinajstić information content (AvgIpc) is 2.49. The summed E-state index contributed by atoms with van der Waals surface area (Å²) in [6, 6.07) is 0. The molecule has 0 radical (unpaired) electrons. The second-order valence-electron chi connectivity index (χ2n) is 4.58. The minimum atomic E-state index is -0.536. The van der Waals surface area contributed by atoms with Gasteiger partial charge in [0.25, 0.3) is 5.56 Å². The Bertz CT molecular complexity index is 533. The van der Waals surface area contributed by atoms with Gasteiger partial charge in [0, 0.05) is 13.2 Å². The number of nitrogens with zero attached hydrogens (tertiary/aromatic N) is 2. The van der Waals surface area contributed by atoms with Crippen molar-refractivity contribution in [1.82, 2.24) is 9.78 Å². The van der Waals surface area contributed by atoms with Gasteiger partial charge in [-0.25, -0.2) is 4.68 Å². The zero-order chi connectivity index (χ0) is 15.8. The molecule has 2 N–H and O–H groups in total. The highest BCUT2D eigenvalue weighted by Gasteiger charge is 2.13. The van der Waals surface area contributed by atoms with Crippen LogP contribution < -0.4 is 10.9 Å². The fraction of sp³-hybridized carbons (Fsp3) is 0.615. The standard InChI is InChI=1S/C13H20BrN3O4/c1-3-9(4-5-18)6-15-10-7-16-17(8-11(19)21-2)13(20)12(10)14/h7,9,15,18H,3-6,8H2,1-2H3. The van der Waals surface area contributed by atoms with Crippen molar-refractivity contribution in [3.8, 4) is 0 Å². The maximum atomic E-state index is 12.0. The van der Waals surface area contributed by atoms with Gasteiger partial charge in [-0.05, 0) is 28.3 Å². The van der Waals surface area contributed by atoms with Crippen LogP contribution in [0, 0.1) is 5.92 Å². The van der Waals surface area contributed by atoms with Gasteiger partial charge in [-0.3, -0.25) is 9.59 Å². The third-order valence-electron chi connectivity index (χ3n) is 3.19. The Hall–Kier alpha value is -1.41. The third-order valence-corrected chi connectivity index (χ3v) is 3.95. The molecule has 0 saturated heterocycles. The van der Waals surface area contributed by atoms with E-state index in [4.69, 9.17) is 5.11 Å². The molecule has 0 spiro atoms. The molecule has 0 aliphatic rings. The summed E-state index contributed by atoms with van der Waals surface area (Å²) in [4.78, 5) is 23.2. The van der Waals surface area contributed by atoms with Gasteiger partial charge >= 0.3 is 5.97 Å². The molecule has 0 aromatic carbocycles. The van der Waals surface area contributed by atoms with E-state index in [2.05, 4.69) is 31.1 Å². The summed E-state index contributed by atoms with van der Waals surface area (Å²) in [5.41, 5.74) is 0.165. The molecule has 0 fully saturated rings. The Morgan fingerprint density at radius 2 is 2.33 bits per heavy atom. The highest BCUT2D eigenvalue weighted by atomic mass is 79.9. The van der Waals surface area contributed by atoms with Gasteiger partial charge in [0.05, 0.1) is 19.0 Å². The van der Waals surface area contributed by atoms with Gasteiger partial charge < -0.3 is 15.2 Å². The van der Waals surface area contributed by atoms with Crippen molar-refractivity contribution in [2.45, 2.75) is 26.3 Å². The van der Waals surface area contributed by atoms with Crippen LogP contribution in [0.2, 0.25) is 0 Å². The molecule has 1 atom stereocenters. The highest BCUT2D eigenvalue weighted by molar-refractivity contribution is 9.10. The quantitative estimate of drug-likeness (QED) is 0.671. The molecular formula is C13H20BrN3O4. The largest absolute Gasteiger partial charge is 0.468 e. The number of carbonyl (C=O) groups is 1. The summed E-state index contributed by atoms with van der Waals surface area (Å²) >= 11 is 3.22. The smallest absolute Gasteiger partial charge is 0.327 e. The van der Waals surface area contributed by atoms with Crippen LogP contribution in [-0.2, 0) is 16.1 Å². The van der Waals surface area contributed by atoms with Crippen LogP contribution in [0.4, 0.5) is 5.69 Å². The van der Waals surface area contributed by atoms with Gasteiger partial charge in [-0.1, -0.05) is 13.3 Å². The lowest BCUT2D eigenvalue weighted by Crippen LogP contribution is -2.28. The van der Waals surface area contributed by atoms with E-state index in [1.807, 2.05) is 6.92 Å². The molecule has 118 valence electrons. The van der Waals surface area contributed by atoms with E-state index in [0.717, 1.165) is 11.1 Å². The summed E-state index contributed by atoms with van der Waals surface area (Å²) in [6.45, 7) is 2.60. The van der Waals surface area contributed by atoms with Crippen molar-refractivity contribution < 1.29 is 14.6 Å². The monoisotopic (exact) mass is 361 g/mol. The Balaban J connectivity index is 2.79. The van der Waals surface area contributed by atoms with Gasteiger partial charge in [0.15, 0.2) is 0 Å². The number of aliphatic hydroxyl groups is 1. The Morgan fingerprint density at radius 1 is 1.62 bits per heavy atom. The predicted octanol–water partition coefficient (Wildman–Crippen LogP) is 0.999. The number of halogens is 1. The molecule has 8 heteroatoms. The van der Waals surface area contributed by atoms with Crippen LogP contribution in [0.25, 0.3) is 0 Å². The molecule has 21 heavy (non-hydrogen) atoms. The normalized spacial score (nSPS) is 12.0. The number of aromatic nitrogens is 2. The van der Waals surface area contributed by atoms with E-state index < -0.39 is 11.5 Å². The SMILES string of the molecule is CCC(CCO)CNc1cnn(CC(=O)OC)c(=O)c1Br. The number of nitrogens with one attached hydrogen (secondary N) is 1. The minimum absolute atomic E-state index is 0.139. The molecule has 7 nitrogen and oxygen atoms in total. The van der Waals surface area contributed by atoms with Crippen molar-refractivity contribution in [3.05, 3.63) is 21.0 Å². The first-order valence-electron chi connectivity index (χ1n) is 6.70. The Morgan fingerprint density at radius 3 is 2.90 bits per heavy atom. The van der Waals surface area contributed by atoms with Crippen molar-refractivity contribution >= 4 is 27.6 Å². The molecule has 1 aromatic heterocycles. The van der Waals surface area contributed by atoms with Gasteiger partial charge in [0.2, 0.25) is 0 Å². The molecular weight excluding hydrogens is 342 g/mol. The van der Waals surface area contributed by atoms with Gasteiger partial charge in [-0.15, -0.1) is 0 Å². The number of esters is 1. The van der Waals surface area contributed by atoms with Crippen LogP contribution in [0.3, 0.4) is 0 Å². The molecule has 0 aliphatic carbocycles. The molecule has 0 bridgehead atoms. The number of rotatable bonds is 8. The van der Waals surface area contributed by atoms with Gasteiger partial charge in [-0.2, -0.15) is 5.10 Å². The lowest BCUT2D eigenvalue weighted by molar-refractivity contribution is -0.141. The summed E-state index contributed by atoms with van der Waals surface area (Å²) in [5.74, 6) is -0.217. The first kappa shape index (κ1) is 17.6. The number of hydrogen-bond donors (Lipinski definition) is 2. The first-order chi connectivity index (χ1) is 10.0. The molecule has 0 amide bonds. The molecule has 0 aliphatic heterocycles. The van der Waals surface area contributed by atoms with Crippen molar-refractivity contribution in [2.75, 3.05) is 25.6 Å². The summed E-state index contributed by atoms with van der Waals surface area (Å²) in [5, 5.41) is 16.0. The number of anilines is 1.